The van der Waals surface area contributed by atoms with Crippen LogP contribution in [0.1, 0.15) is 33.3 Å². The molecule has 7 nitrogen and oxygen atoms in total. The average molecular weight is 422 g/mol. The van der Waals surface area contributed by atoms with Crippen LogP contribution in [0.15, 0.2) is 35.4 Å². The molecule has 10 heteroatoms. The molecule has 0 atom stereocenters. The zero-order valence-electron chi connectivity index (χ0n) is 17.2. The van der Waals surface area contributed by atoms with Gasteiger partial charge >= 0.3 is 7.12 Å². The number of anilines is 1. The Kier molecular flexibility index (Phi) is 5.40. The lowest BCUT2D eigenvalue weighted by Crippen LogP contribution is -2.41. The second-order valence-electron chi connectivity index (χ2n) is 7.95. The number of aryl methyl sites for hydroxylation is 1. The summed E-state index contributed by atoms with van der Waals surface area (Å²) in [5.74, 6) is -0.798. The molecule has 1 N–H and O–H groups in total. The zero-order valence-corrected chi connectivity index (χ0v) is 18.1. The van der Waals surface area contributed by atoms with E-state index >= 15 is 0 Å². The number of aromatic nitrogens is 1. The van der Waals surface area contributed by atoms with E-state index in [2.05, 4.69) is 9.71 Å². The van der Waals surface area contributed by atoms with E-state index in [1.165, 1.54) is 31.5 Å². The Morgan fingerprint density at radius 2 is 1.76 bits per heavy atom. The third-order valence-corrected chi connectivity index (χ3v) is 6.61. The van der Waals surface area contributed by atoms with Crippen LogP contribution >= 0.6 is 0 Å². The van der Waals surface area contributed by atoms with E-state index in [0.29, 0.717) is 11.0 Å². The van der Waals surface area contributed by atoms with E-state index in [-0.39, 0.29) is 11.6 Å². The summed E-state index contributed by atoms with van der Waals surface area (Å²) in [4.78, 5) is 3.68. The number of methoxy groups -OCH3 is 1. The molecule has 0 radical (unpaired) electrons. The normalized spacial score (nSPS) is 18.0. The van der Waals surface area contributed by atoms with E-state index in [0.717, 1.165) is 6.07 Å². The van der Waals surface area contributed by atoms with Crippen LogP contribution in [0.5, 0.6) is 5.88 Å². The van der Waals surface area contributed by atoms with Crippen LogP contribution in [0.3, 0.4) is 0 Å². The highest BCUT2D eigenvalue weighted by molar-refractivity contribution is 7.92. The SMILES string of the molecule is COc1ncc(B2OC(C)(C)C(C)(C)O2)cc1NS(=O)(=O)c1ccc(C)cc1F. The number of hydrogen-bond acceptors (Lipinski definition) is 6. The van der Waals surface area contributed by atoms with Gasteiger partial charge in [0.25, 0.3) is 10.0 Å². The van der Waals surface area contributed by atoms with Gasteiger partial charge < -0.3 is 14.0 Å². The summed E-state index contributed by atoms with van der Waals surface area (Å²) in [5, 5.41) is 0. The molecule has 0 aliphatic carbocycles. The van der Waals surface area contributed by atoms with Gasteiger partial charge in [0.15, 0.2) is 0 Å². The lowest BCUT2D eigenvalue weighted by Gasteiger charge is -2.32. The molecule has 0 unspecified atom stereocenters. The topological polar surface area (TPSA) is 86.8 Å². The number of sulfonamides is 1. The van der Waals surface area contributed by atoms with Crippen LogP contribution in [0, 0.1) is 12.7 Å². The quantitative estimate of drug-likeness (QED) is 0.746. The van der Waals surface area contributed by atoms with Crippen molar-refractivity contribution in [1.82, 2.24) is 4.98 Å². The number of hydrogen-bond donors (Lipinski definition) is 1. The van der Waals surface area contributed by atoms with Crippen molar-refractivity contribution in [2.45, 2.75) is 50.7 Å². The van der Waals surface area contributed by atoms with Crippen molar-refractivity contribution in [3.8, 4) is 5.88 Å². The molecule has 29 heavy (non-hydrogen) atoms. The first kappa shape index (κ1) is 21.5. The van der Waals surface area contributed by atoms with E-state index in [1.807, 2.05) is 27.7 Å². The highest BCUT2D eigenvalue weighted by Gasteiger charge is 2.52. The molecule has 0 spiro atoms. The molecule has 2 aromatic rings. The summed E-state index contributed by atoms with van der Waals surface area (Å²) >= 11 is 0. The Hall–Kier alpha value is -2.17. The maximum atomic E-state index is 14.2. The van der Waals surface area contributed by atoms with Gasteiger partial charge in [-0.15, -0.1) is 0 Å². The summed E-state index contributed by atoms with van der Waals surface area (Å²) in [6.07, 6.45) is 1.49. The minimum absolute atomic E-state index is 0.0429. The molecule has 0 saturated carbocycles. The maximum Gasteiger partial charge on any atom is 0.496 e. The van der Waals surface area contributed by atoms with Gasteiger partial charge in [-0.05, 0) is 58.4 Å². The van der Waals surface area contributed by atoms with E-state index in [1.54, 1.807) is 6.92 Å². The van der Waals surface area contributed by atoms with Crippen molar-refractivity contribution < 1.29 is 26.9 Å². The minimum Gasteiger partial charge on any atom is -0.480 e. The van der Waals surface area contributed by atoms with Crippen LogP contribution in [0.2, 0.25) is 0 Å². The fourth-order valence-electron chi connectivity index (χ4n) is 2.84. The minimum atomic E-state index is -4.21. The first-order valence-electron chi connectivity index (χ1n) is 9.05. The number of pyridine rings is 1. The van der Waals surface area contributed by atoms with E-state index in [9.17, 15) is 12.8 Å². The molecular weight excluding hydrogens is 398 g/mol. The lowest BCUT2D eigenvalue weighted by atomic mass is 9.80. The van der Waals surface area contributed by atoms with Crippen LogP contribution in [0.4, 0.5) is 10.1 Å². The summed E-state index contributed by atoms with van der Waals surface area (Å²) < 4.78 is 59.2. The van der Waals surface area contributed by atoms with Gasteiger partial charge in [0.1, 0.15) is 16.4 Å². The third kappa shape index (κ3) is 4.10. The summed E-state index contributed by atoms with van der Waals surface area (Å²) in [6.45, 7) is 9.32. The average Bonchev–Trinajstić information content (AvgIpc) is 2.81. The number of halogens is 1. The van der Waals surface area contributed by atoms with Crippen LogP contribution < -0.4 is 14.9 Å². The van der Waals surface area contributed by atoms with Crippen molar-refractivity contribution in [3.63, 3.8) is 0 Å². The molecule has 1 aliphatic rings. The molecule has 3 rings (SSSR count). The smallest absolute Gasteiger partial charge is 0.480 e. The van der Waals surface area contributed by atoms with Gasteiger partial charge in [0.2, 0.25) is 5.88 Å². The van der Waals surface area contributed by atoms with Crippen LogP contribution in [0.25, 0.3) is 0 Å². The lowest BCUT2D eigenvalue weighted by molar-refractivity contribution is 0.00578. The molecule has 156 valence electrons. The predicted molar refractivity (Wildman–Crippen MR) is 108 cm³/mol. The second-order valence-corrected chi connectivity index (χ2v) is 9.60. The Morgan fingerprint density at radius 3 is 2.31 bits per heavy atom. The van der Waals surface area contributed by atoms with Gasteiger partial charge in [0.05, 0.1) is 18.3 Å². The van der Waals surface area contributed by atoms with Gasteiger partial charge in [-0.2, -0.15) is 0 Å². The van der Waals surface area contributed by atoms with Crippen molar-refractivity contribution in [2.24, 2.45) is 0 Å². The summed E-state index contributed by atoms with van der Waals surface area (Å²) in [5.41, 5.74) is 0.0413. The number of benzene rings is 1. The van der Waals surface area contributed by atoms with Gasteiger partial charge in [0, 0.05) is 11.7 Å². The fraction of sp³-hybridized carbons (Fsp3) is 0.421. The summed E-state index contributed by atoms with van der Waals surface area (Å²) in [7, 11) is -3.58. The van der Waals surface area contributed by atoms with Crippen molar-refractivity contribution in [2.75, 3.05) is 11.8 Å². The van der Waals surface area contributed by atoms with Gasteiger partial charge in [-0.1, -0.05) is 6.07 Å². The largest absolute Gasteiger partial charge is 0.496 e. The molecule has 1 aromatic heterocycles. The maximum absolute atomic E-state index is 14.2. The number of nitrogens with one attached hydrogen (secondary N) is 1. The van der Waals surface area contributed by atoms with E-state index in [4.69, 9.17) is 14.0 Å². The monoisotopic (exact) mass is 422 g/mol. The molecule has 1 saturated heterocycles. The van der Waals surface area contributed by atoms with Crippen molar-refractivity contribution in [1.29, 1.82) is 0 Å². The third-order valence-electron chi connectivity index (χ3n) is 5.21. The standard InChI is InChI=1S/C19H24BFN2O5S/c1-12-7-8-16(14(21)9-12)29(24,25)23-15-10-13(11-22-17(15)26-6)20-27-18(2,3)19(4,5)28-20/h7-11,23H,1-6H3. The number of nitrogens with zero attached hydrogens (tertiary/aromatic N) is 1. The van der Waals surface area contributed by atoms with Crippen LogP contribution in [-0.4, -0.2) is 38.8 Å². The number of rotatable bonds is 5. The molecule has 1 fully saturated rings. The highest BCUT2D eigenvalue weighted by atomic mass is 32.2. The Morgan fingerprint density at radius 1 is 1.14 bits per heavy atom. The Labute approximate surface area is 170 Å². The van der Waals surface area contributed by atoms with Gasteiger partial charge in [-0.3, -0.25) is 4.72 Å². The van der Waals surface area contributed by atoms with E-state index < -0.39 is 39.1 Å². The molecule has 0 amide bonds. The molecule has 1 aromatic carbocycles. The molecule has 1 aliphatic heterocycles. The molecule has 0 bridgehead atoms. The van der Waals surface area contributed by atoms with Crippen molar-refractivity contribution >= 4 is 28.3 Å². The van der Waals surface area contributed by atoms with Crippen molar-refractivity contribution in [3.05, 3.63) is 41.8 Å². The highest BCUT2D eigenvalue weighted by Crippen LogP contribution is 2.37. The molecular formula is C19H24BFN2O5S. The first-order valence-corrected chi connectivity index (χ1v) is 10.5. The predicted octanol–water partition coefficient (Wildman–Crippen LogP) is 2.64. The number of ether oxygens (including phenoxy) is 1. The fourth-order valence-corrected chi connectivity index (χ4v) is 3.94. The van der Waals surface area contributed by atoms with Crippen LogP contribution in [-0.2, 0) is 19.3 Å². The second kappa shape index (κ2) is 7.26. The Balaban J connectivity index is 1.96. The first-order chi connectivity index (χ1) is 13.4. The molecule has 2 heterocycles. The Bertz CT molecular complexity index is 1030. The van der Waals surface area contributed by atoms with Gasteiger partial charge in [-0.25, -0.2) is 17.8 Å². The zero-order chi connectivity index (χ0) is 21.6. The summed E-state index contributed by atoms with van der Waals surface area (Å²) in [6, 6.07) is 5.40.